The van der Waals surface area contributed by atoms with Gasteiger partial charge in [0.25, 0.3) is 0 Å². The number of fused-ring (bicyclic) bond motifs is 1. The molecule has 130 valence electrons. The van der Waals surface area contributed by atoms with Gasteiger partial charge in [0.1, 0.15) is 10.0 Å². The van der Waals surface area contributed by atoms with E-state index in [1.165, 1.54) is 23.1 Å². The number of thioether (sulfide) groups is 1. The number of aromatic nitrogens is 7. The summed E-state index contributed by atoms with van der Waals surface area (Å²) in [7, 11) is 0. The molecule has 0 fully saturated rings. The SMILES string of the molecule is Cc1nnc(NC(=O)CSc2ccc3nnc(-c4ccncc4)n3n2)s1. The molecule has 1 N–H and O–H groups in total. The fourth-order valence-electron chi connectivity index (χ4n) is 2.17. The molecule has 1 amide bonds. The molecule has 0 saturated heterocycles. The van der Waals surface area contributed by atoms with Gasteiger partial charge >= 0.3 is 0 Å². The molecule has 0 saturated carbocycles. The Bertz CT molecular complexity index is 1060. The van der Waals surface area contributed by atoms with Crippen molar-refractivity contribution in [1.29, 1.82) is 0 Å². The number of pyridine rings is 1. The van der Waals surface area contributed by atoms with Crippen LogP contribution in [0.5, 0.6) is 0 Å². The summed E-state index contributed by atoms with van der Waals surface area (Å²) in [4.78, 5) is 16.0. The Kier molecular flexibility index (Phi) is 4.54. The molecule has 4 aromatic heterocycles. The Labute approximate surface area is 155 Å². The number of rotatable bonds is 5. The normalized spacial score (nSPS) is 11.0. The van der Waals surface area contributed by atoms with Gasteiger partial charge in [-0.1, -0.05) is 23.1 Å². The zero-order valence-corrected chi connectivity index (χ0v) is 15.2. The van der Waals surface area contributed by atoms with E-state index in [0.29, 0.717) is 21.6 Å². The van der Waals surface area contributed by atoms with Gasteiger partial charge in [-0.2, -0.15) is 9.61 Å². The predicted octanol–water partition coefficient (Wildman–Crippen LogP) is 2.08. The first kappa shape index (κ1) is 16.5. The van der Waals surface area contributed by atoms with Crippen LogP contribution in [0.15, 0.2) is 41.7 Å². The summed E-state index contributed by atoms with van der Waals surface area (Å²) in [5.41, 5.74) is 1.50. The molecule has 0 radical (unpaired) electrons. The van der Waals surface area contributed by atoms with Gasteiger partial charge in [0.2, 0.25) is 11.0 Å². The van der Waals surface area contributed by atoms with Crippen molar-refractivity contribution < 1.29 is 4.79 Å². The third kappa shape index (κ3) is 3.53. The molecule has 11 heteroatoms. The molecule has 0 aliphatic carbocycles. The van der Waals surface area contributed by atoms with E-state index in [1.54, 1.807) is 16.9 Å². The molecule has 0 aromatic carbocycles. The van der Waals surface area contributed by atoms with Gasteiger partial charge in [0.15, 0.2) is 11.5 Å². The highest BCUT2D eigenvalue weighted by molar-refractivity contribution is 7.99. The second-order valence-electron chi connectivity index (χ2n) is 5.16. The third-order valence-corrected chi connectivity index (χ3v) is 4.97. The second-order valence-corrected chi connectivity index (χ2v) is 7.34. The number of hydrogen-bond donors (Lipinski definition) is 1. The van der Waals surface area contributed by atoms with Crippen LogP contribution >= 0.6 is 23.1 Å². The number of amides is 1. The van der Waals surface area contributed by atoms with Crippen LogP contribution in [0.4, 0.5) is 5.13 Å². The van der Waals surface area contributed by atoms with E-state index >= 15 is 0 Å². The quantitative estimate of drug-likeness (QED) is 0.521. The topological polar surface area (TPSA) is 111 Å². The molecule has 0 atom stereocenters. The summed E-state index contributed by atoms with van der Waals surface area (Å²) in [6, 6.07) is 7.32. The number of nitrogens with one attached hydrogen (secondary N) is 1. The van der Waals surface area contributed by atoms with Crippen molar-refractivity contribution in [3.8, 4) is 11.4 Å². The Morgan fingerprint density at radius 3 is 2.77 bits per heavy atom. The maximum Gasteiger partial charge on any atom is 0.236 e. The summed E-state index contributed by atoms with van der Waals surface area (Å²) in [6.45, 7) is 1.83. The molecule has 26 heavy (non-hydrogen) atoms. The van der Waals surface area contributed by atoms with Gasteiger partial charge in [-0.05, 0) is 31.2 Å². The van der Waals surface area contributed by atoms with E-state index < -0.39 is 0 Å². The van der Waals surface area contributed by atoms with E-state index in [-0.39, 0.29) is 11.7 Å². The summed E-state index contributed by atoms with van der Waals surface area (Å²) >= 11 is 2.66. The minimum absolute atomic E-state index is 0.161. The first-order valence-corrected chi connectivity index (χ1v) is 9.35. The molecule has 0 unspecified atom stereocenters. The molecule has 9 nitrogen and oxygen atoms in total. The highest BCUT2D eigenvalue weighted by Gasteiger charge is 2.12. The molecule has 4 rings (SSSR count). The average molecular weight is 384 g/mol. The van der Waals surface area contributed by atoms with Crippen LogP contribution in [0.2, 0.25) is 0 Å². The van der Waals surface area contributed by atoms with Crippen LogP contribution in [-0.4, -0.2) is 46.7 Å². The summed E-state index contributed by atoms with van der Waals surface area (Å²) < 4.78 is 1.66. The van der Waals surface area contributed by atoms with Crippen molar-refractivity contribution in [2.45, 2.75) is 11.9 Å². The number of carbonyl (C=O) groups excluding carboxylic acids is 1. The molecule has 0 bridgehead atoms. The van der Waals surface area contributed by atoms with Crippen molar-refractivity contribution in [3.63, 3.8) is 0 Å². The minimum Gasteiger partial charge on any atom is -0.300 e. The smallest absolute Gasteiger partial charge is 0.236 e. The standard InChI is InChI=1S/C15H12N8OS2/c1-9-18-21-15(26-9)17-12(24)8-25-13-3-2-11-19-20-14(23(11)22-13)10-4-6-16-7-5-10/h2-7H,8H2,1H3,(H,17,21,24). The fourth-order valence-corrected chi connectivity index (χ4v) is 3.43. The van der Waals surface area contributed by atoms with Crippen LogP contribution in [0.3, 0.4) is 0 Å². The monoisotopic (exact) mass is 384 g/mol. The molecular formula is C15H12N8OS2. The van der Waals surface area contributed by atoms with Crippen molar-refractivity contribution in [2.75, 3.05) is 11.1 Å². The lowest BCUT2D eigenvalue weighted by molar-refractivity contribution is -0.113. The fraction of sp³-hybridized carbons (Fsp3) is 0.133. The number of aryl methyl sites for hydroxylation is 1. The van der Waals surface area contributed by atoms with Crippen LogP contribution < -0.4 is 5.32 Å². The maximum absolute atomic E-state index is 12.0. The van der Waals surface area contributed by atoms with Crippen LogP contribution in [0.25, 0.3) is 17.0 Å². The Hall–Kier alpha value is -2.92. The summed E-state index contributed by atoms with van der Waals surface area (Å²) in [5, 5.41) is 25.3. The van der Waals surface area contributed by atoms with Gasteiger partial charge in [-0.3, -0.25) is 15.1 Å². The van der Waals surface area contributed by atoms with Crippen molar-refractivity contribution in [1.82, 2.24) is 35.0 Å². The van der Waals surface area contributed by atoms with Crippen LogP contribution in [0, 0.1) is 6.92 Å². The lowest BCUT2D eigenvalue weighted by Gasteiger charge is -2.03. The van der Waals surface area contributed by atoms with Crippen molar-refractivity contribution in [2.24, 2.45) is 0 Å². The molecule has 4 heterocycles. The Morgan fingerprint density at radius 2 is 2.00 bits per heavy atom. The maximum atomic E-state index is 12.0. The summed E-state index contributed by atoms with van der Waals surface area (Å²) in [5.74, 6) is 0.675. The third-order valence-electron chi connectivity index (χ3n) is 3.30. The number of nitrogens with zero attached hydrogens (tertiary/aromatic N) is 7. The van der Waals surface area contributed by atoms with Crippen molar-refractivity contribution >= 4 is 39.8 Å². The van der Waals surface area contributed by atoms with Gasteiger partial charge in [0.05, 0.1) is 5.75 Å². The Balaban J connectivity index is 1.49. The first-order chi connectivity index (χ1) is 12.7. The van der Waals surface area contributed by atoms with Gasteiger partial charge < -0.3 is 0 Å². The predicted molar refractivity (Wildman–Crippen MR) is 98.0 cm³/mol. The zero-order chi connectivity index (χ0) is 17.9. The average Bonchev–Trinajstić information content (AvgIpc) is 3.26. The van der Waals surface area contributed by atoms with Gasteiger partial charge in [0, 0.05) is 18.0 Å². The number of carbonyl (C=O) groups is 1. The molecule has 0 spiro atoms. The highest BCUT2D eigenvalue weighted by Crippen LogP contribution is 2.21. The first-order valence-electron chi connectivity index (χ1n) is 7.55. The molecular weight excluding hydrogens is 372 g/mol. The van der Waals surface area contributed by atoms with Gasteiger partial charge in [-0.15, -0.1) is 20.4 Å². The van der Waals surface area contributed by atoms with E-state index in [2.05, 4.69) is 35.8 Å². The van der Waals surface area contributed by atoms with E-state index in [1.807, 2.05) is 31.2 Å². The molecule has 0 aliphatic rings. The van der Waals surface area contributed by atoms with Crippen LogP contribution in [0.1, 0.15) is 5.01 Å². The largest absolute Gasteiger partial charge is 0.300 e. The molecule has 4 aromatic rings. The lowest BCUT2D eigenvalue weighted by Crippen LogP contribution is -2.14. The number of anilines is 1. The van der Waals surface area contributed by atoms with E-state index in [9.17, 15) is 4.79 Å². The van der Waals surface area contributed by atoms with Crippen LogP contribution in [-0.2, 0) is 4.79 Å². The van der Waals surface area contributed by atoms with E-state index in [0.717, 1.165) is 10.6 Å². The summed E-state index contributed by atoms with van der Waals surface area (Å²) in [6.07, 6.45) is 3.38. The van der Waals surface area contributed by atoms with Gasteiger partial charge in [-0.25, -0.2) is 0 Å². The zero-order valence-electron chi connectivity index (χ0n) is 13.5. The molecule has 0 aliphatic heterocycles. The number of hydrogen-bond acceptors (Lipinski definition) is 9. The lowest BCUT2D eigenvalue weighted by atomic mass is 10.2. The highest BCUT2D eigenvalue weighted by atomic mass is 32.2. The van der Waals surface area contributed by atoms with Crippen molar-refractivity contribution in [3.05, 3.63) is 41.7 Å². The Morgan fingerprint density at radius 1 is 1.15 bits per heavy atom. The van der Waals surface area contributed by atoms with E-state index in [4.69, 9.17) is 0 Å². The second kappa shape index (κ2) is 7.14. The minimum atomic E-state index is -0.161.